The summed E-state index contributed by atoms with van der Waals surface area (Å²) in [5, 5.41) is 8.97. The van der Waals surface area contributed by atoms with Crippen molar-refractivity contribution < 1.29 is 14.6 Å². The van der Waals surface area contributed by atoms with Gasteiger partial charge in [-0.2, -0.15) is 8.75 Å². The molecule has 5 nitrogen and oxygen atoms in total. The lowest BCUT2D eigenvalue weighted by Crippen LogP contribution is -2.05. The summed E-state index contributed by atoms with van der Waals surface area (Å²) in [4.78, 5) is 10.9. The molecule has 1 heterocycles. The number of carbonyl (C=O) groups is 1. The van der Waals surface area contributed by atoms with Gasteiger partial charge in [0.2, 0.25) is 0 Å². The van der Waals surface area contributed by atoms with Crippen molar-refractivity contribution in [3.05, 3.63) is 30.0 Å². The highest BCUT2D eigenvalue weighted by atomic mass is 32.1. The van der Waals surface area contributed by atoms with Gasteiger partial charge < -0.3 is 9.84 Å². The van der Waals surface area contributed by atoms with Gasteiger partial charge in [-0.25, -0.2) is 4.79 Å². The van der Waals surface area contributed by atoms with Crippen LogP contribution in [0.15, 0.2) is 24.3 Å². The van der Waals surface area contributed by atoms with Gasteiger partial charge >= 0.3 is 5.97 Å². The fourth-order valence-electron chi connectivity index (χ4n) is 1.48. The second kappa shape index (κ2) is 5.14. The molecule has 0 aliphatic carbocycles. The maximum atomic E-state index is 10.9. The summed E-state index contributed by atoms with van der Waals surface area (Å²) in [6.07, 6.45) is 0.103. The van der Waals surface area contributed by atoms with E-state index in [2.05, 4.69) is 8.75 Å². The molecule has 0 fully saturated rings. The molecular formula is C12H12N2O3S. The maximum absolute atomic E-state index is 10.9. The molecule has 18 heavy (non-hydrogen) atoms. The van der Waals surface area contributed by atoms with Gasteiger partial charge in [-0.05, 0) is 38.1 Å². The number of ether oxygens (including phenoxy) is 1. The summed E-state index contributed by atoms with van der Waals surface area (Å²) >= 11 is 0.892. The highest BCUT2D eigenvalue weighted by Gasteiger charge is 2.16. The Labute approximate surface area is 108 Å². The Balaban J connectivity index is 2.29. The van der Waals surface area contributed by atoms with Crippen molar-refractivity contribution in [1.29, 1.82) is 0 Å². The first kappa shape index (κ1) is 12.5. The number of aromatic nitrogens is 2. The number of aromatic carboxylic acids is 1. The molecule has 0 aliphatic rings. The monoisotopic (exact) mass is 264 g/mol. The molecule has 2 rings (SSSR count). The van der Waals surface area contributed by atoms with Crippen molar-refractivity contribution in [3.8, 4) is 17.0 Å². The van der Waals surface area contributed by atoms with Gasteiger partial charge in [0.1, 0.15) is 11.4 Å². The second-order valence-corrected chi connectivity index (χ2v) is 4.49. The summed E-state index contributed by atoms with van der Waals surface area (Å²) in [6.45, 7) is 3.89. The molecule has 0 unspecified atom stereocenters. The third kappa shape index (κ3) is 2.65. The SMILES string of the molecule is CC(C)Oc1ccc(-c2nsnc2C(=O)O)cc1. The van der Waals surface area contributed by atoms with Gasteiger partial charge in [0, 0.05) is 5.56 Å². The molecular weight excluding hydrogens is 252 g/mol. The molecule has 6 heteroatoms. The lowest BCUT2D eigenvalue weighted by molar-refractivity contribution is 0.0692. The smallest absolute Gasteiger partial charge is 0.357 e. The Kier molecular flexibility index (Phi) is 3.57. The fraction of sp³-hybridized carbons (Fsp3) is 0.250. The molecule has 0 spiro atoms. The molecule has 0 saturated heterocycles. The molecule has 1 N–H and O–H groups in total. The average molecular weight is 264 g/mol. The first-order chi connectivity index (χ1) is 8.58. The Bertz CT molecular complexity index is 549. The quantitative estimate of drug-likeness (QED) is 0.919. The Morgan fingerprint density at radius 3 is 2.50 bits per heavy atom. The Morgan fingerprint density at radius 1 is 1.28 bits per heavy atom. The van der Waals surface area contributed by atoms with Crippen molar-refractivity contribution in [2.75, 3.05) is 0 Å². The molecule has 0 bridgehead atoms. The van der Waals surface area contributed by atoms with Crippen molar-refractivity contribution in [3.63, 3.8) is 0 Å². The molecule has 1 aromatic carbocycles. The molecule has 2 aromatic rings. The van der Waals surface area contributed by atoms with Crippen LogP contribution in [0, 0.1) is 0 Å². The summed E-state index contributed by atoms with van der Waals surface area (Å²) < 4.78 is 13.3. The maximum Gasteiger partial charge on any atom is 0.357 e. The minimum atomic E-state index is -1.07. The van der Waals surface area contributed by atoms with Crippen molar-refractivity contribution in [2.24, 2.45) is 0 Å². The summed E-state index contributed by atoms with van der Waals surface area (Å²) in [6, 6.07) is 7.14. The third-order valence-electron chi connectivity index (χ3n) is 2.19. The van der Waals surface area contributed by atoms with Gasteiger partial charge in [-0.15, -0.1) is 0 Å². The van der Waals surface area contributed by atoms with E-state index in [0.29, 0.717) is 5.69 Å². The second-order valence-electron chi connectivity index (χ2n) is 3.96. The molecule has 0 radical (unpaired) electrons. The van der Waals surface area contributed by atoms with E-state index < -0.39 is 5.97 Å². The lowest BCUT2D eigenvalue weighted by atomic mass is 10.1. The number of carboxylic acids is 1. The van der Waals surface area contributed by atoms with Crippen molar-refractivity contribution in [1.82, 2.24) is 8.75 Å². The number of rotatable bonds is 4. The molecule has 0 atom stereocenters. The van der Waals surface area contributed by atoms with Gasteiger partial charge in [0.15, 0.2) is 5.69 Å². The van der Waals surface area contributed by atoms with Gasteiger partial charge in [0.05, 0.1) is 17.8 Å². The molecule has 94 valence electrons. The zero-order valence-electron chi connectivity index (χ0n) is 9.95. The average Bonchev–Trinajstić information content (AvgIpc) is 2.78. The van der Waals surface area contributed by atoms with E-state index >= 15 is 0 Å². The number of hydrogen-bond acceptors (Lipinski definition) is 5. The van der Waals surface area contributed by atoms with Crippen molar-refractivity contribution >= 4 is 17.7 Å². The normalized spacial score (nSPS) is 10.6. The van der Waals surface area contributed by atoms with E-state index in [0.717, 1.165) is 23.0 Å². The first-order valence-corrected chi connectivity index (χ1v) is 6.14. The van der Waals surface area contributed by atoms with Crippen LogP contribution in [0.2, 0.25) is 0 Å². The Hall–Kier alpha value is -1.95. The van der Waals surface area contributed by atoms with Crippen LogP contribution in [0.3, 0.4) is 0 Å². The molecule has 0 saturated carbocycles. The minimum absolute atomic E-state index is 0.0162. The van der Waals surface area contributed by atoms with E-state index in [1.807, 2.05) is 13.8 Å². The summed E-state index contributed by atoms with van der Waals surface area (Å²) in [5.74, 6) is -0.324. The highest BCUT2D eigenvalue weighted by Crippen LogP contribution is 2.24. The standard InChI is InChI=1S/C12H12N2O3S/c1-7(2)17-9-5-3-8(4-6-9)10-11(12(15)16)14-18-13-10/h3-7H,1-2H3,(H,15,16). The third-order valence-corrected chi connectivity index (χ3v) is 2.72. The largest absolute Gasteiger partial charge is 0.491 e. The lowest BCUT2D eigenvalue weighted by Gasteiger charge is -2.09. The number of carboxylic acid groups (broad SMARTS) is 1. The highest BCUT2D eigenvalue weighted by molar-refractivity contribution is 6.99. The molecule has 0 amide bonds. The van der Waals surface area contributed by atoms with Crippen LogP contribution in [0.5, 0.6) is 5.75 Å². The van der Waals surface area contributed by atoms with Crippen LogP contribution in [0.1, 0.15) is 24.3 Å². The number of benzene rings is 1. The number of nitrogens with zero attached hydrogens (tertiary/aromatic N) is 2. The zero-order chi connectivity index (χ0) is 13.1. The van der Waals surface area contributed by atoms with Crippen LogP contribution in [-0.4, -0.2) is 25.9 Å². The minimum Gasteiger partial charge on any atom is -0.491 e. The van der Waals surface area contributed by atoms with E-state index in [4.69, 9.17) is 9.84 Å². The topological polar surface area (TPSA) is 72.3 Å². The number of hydrogen-bond donors (Lipinski definition) is 1. The molecule has 1 aromatic heterocycles. The van der Waals surface area contributed by atoms with Crippen LogP contribution >= 0.6 is 11.7 Å². The van der Waals surface area contributed by atoms with Crippen LogP contribution in [0.25, 0.3) is 11.3 Å². The van der Waals surface area contributed by atoms with Crippen LogP contribution in [0.4, 0.5) is 0 Å². The van der Waals surface area contributed by atoms with Crippen LogP contribution < -0.4 is 4.74 Å². The van der Waals surface area contributed by atoms with Gasteiger partial charge in [-0.3, -0.25) is 0 Å². The predicted molar refractivity (Wildman–Crippen MR) is 68.1 cm³/mol. The van der Waals surface area contributed by atoms with E-state index in [1.165, 1.54) is 0 Å². The zero-order valence-corrected chi connectivity index (χ0v) is 10.8. The van der Waals surface area contributed by atoms with Gasteiger partial charge in [0.25, 0.3) is 0 Å². The Morgan fingerprint density at radius 2 is 1.94 bits per heavy atom. The predicted octanol–water partition coefficient (Wildman–Crippen LogP) is 2.69. The fourth-order valence-corrected chi connectivity index (χ4v) is 2.04. The summed E-state index contributed by atoms with van der Waals surface area (Å²) in [7, 11) is 0. The molecule has 0 aliphatic heterocycles. The van der Waals surface area contributed by atoms with Crippen LogP contribution in [-0.2, 0) is 0 Å². The van der Waals surface area contributed by atoms with E-state index in [1.54, 1.807) is 24.3 Å². The van der Waals surface area contributed by atoms with Crippen molar-refractivity contribution in [2.45, 2.75) is 20.0 Å². The summed E-state index contributed by atoms with van der Waals surface area (Å²) in [5.41, 5.74) is 1.10. The van der Waals surface area contributed by atoms with E-state index in [9.17, 15) is 4.79 Å². The van der Waals surface area contributed by atoms with E-state index in [-0.39, 0.29) is 11.8 Å². The first-order valence-electron chi connectivity index (χ1n) is 5.41. The van der Waals surface area contributed by atoms with Gasteiger partial charge in [-0.1, -0.05) is 0 Å².